The molecule has 0 aliphatic carbocycles. The van der Waals surface area contributed by atoms with E-state index in [-0.39, 0.29) is 23.6 Å². The zero-order valence-corrected chi connectivity index (χ0v) is 13.8. The molecule has 1 aromatic carbocycles. The molecule has 0 spiro atoms. The Morgan fingerprint density at radius 1 is 1.39 bits per heavy atom. The van der Waals surface area contributed by atoms with Crippen molar-refractivity contribution in [3.05, 3.63) is 30.1 Å². The summed E-state index contributed by atoms with van der Waals surface area (Å²) in [5, 5.41) is 6.24. The van der Waals surface area contributed by atoms with E-state index in [1.165, 1.54) is 6.07 Å². The topological polar surface area (TPSA) is 50.4 Å². The van der Waals surface area contributed by atoms with Crippen LogP contribution in [0.25, 0.3) is 0 Å². The molecule has 0 radical (unpaired) electrons. The average molecular weight is 322 g/mol. The van der Waals surface area contributed by atoms with Crippen molar-refractivity contribution in [1.82, 2.24) is 10.6 Å². The smallest absolute Gasteiger partial charge is 0.220 e. The van der Waals surface area contributed by atoms with Crippen LogP contribution in [0.5, 0.6) is 5.75 Å². The fourth-order valence-corrected chi connectivity index (χ4v) is 2.81. The van der Waals surface area contributed by atoms with Crippen LogP contribution in [-0.4, -0.2) is 31.6 Å². The number of piperidine rings is 1. The Bertz CT molecular complexity index is 490. The summed E-state index contributed by atoms with van der Waals surface area (Å²) in [6, 6.07) is 6.35. The van der Waals surface area contributed by atoms with Crippen LogP contribution < -0.4 is 15.4 Å². The molecule has 0 bridgehead atoms. The van der Waals surface area contributed by atoms with E-state index in [4.69, 9.17) is 4.74 Å². The first-order valence-electron chi connectivity index (χ1n) is 8.57. The molecule has 128 valence electrons. The Kier molecular flexibility index (Phi) is 7.33. The zero-order chi connectivity index (χ0) is 16.5. The first-order chi connectivity index (χ1) is 11.2. The summed E-state index contributed by atoms with van der Waals surface area (Å²) in [5.41, 5.74) is 0. The third kappa shape index (κ3) is 6.18. The lowest BCUT2D eigenvalue weighted by atomic mass is 9.93. The highest BCUT2D eigenvalue weighted by Gasteiger charge is 2.16. The molecule has 0 saturated carbocycles. The molecular formula is C18H27FN2O2. The van der Waals surface area contributed by atoms with Gasteiger partial charge in [-0.25, -0.2) is 4.39 Å². The molecule has 0 aromatic heterocycles. The van der Waals surface area contributed by atoms with Crippen LogP contribution in [-0.2, 0) is 4.79 Å². The van der Waals surface area contributed by atoms with Crippen LogP contribution in [0, 0.1) is 11.7 Å². The van der Waals surface area contributed by atoms with Gasteiger partial charge in [-0.05, 0) is 56.8 Å². The summed E-state index contributed by atoms with van der Waals surface area (Å²) in [4.78, 5) is 12.0. The second-order valence-electron chi connectivity index (χ2n) is 6.11. The van der Waals surface area contributed by atoms with E-state index in [1.807, 2.05) is 6.92 Å². The third-order valence-corrected chi connectivity index (χ3v) is 4.35. The summed E-state index contributed by atoms with van der Waals surface area (Å²) in [6.07, 6.45) is 4.31. The van der Waals surface area contributed by atoms with Gasteiger partial charge in [0.1, 0.15) is 6.10 Å². The number of hydrogen-bond acceptors (Lipinski definition) is 3. The van der Waals surface area contributed by atoms with E-state index in [1.54, 1.807) is 18.2 Å². The van der Waals surface area contributed by atoms with E-state index in [0.29, 0.717) is 25.3 Å². The van der Waals surface area contributed by atoms with Gasteiger partial charge in [0.2, 0.25) is 5.91 Å². The van der Waals surface area contributed by atoms with Crippen LogP contribution in [0.2, 0.25) is 0 Å². The molecule has 2 N–H and O–H groups in total. The number of carbonyl (C=O) groups is 1. The number of carbonyl (C=O) groups excluding carboxylic acids is 1. The summed E-state index contributed by atoms with van der Waals surface area (Å²) in [7, 11) is 0. The highest BCUT2D eigenvalue weighted by Crippen LogP contribution is 2.19. The maximum atomic E-state index is 13.6. The lowest BCUT2D eigenvalue weighted by Gasteiger charge is -2.22. The Hall–Kier alpha value is -1.62. The van der Waals surface area contributed by atoms with Crippen LogP contribution in [0.4, 0.5) is 4.39 Å². The molecule has 2 rings (SSSR count). The van der Waals surface area contributed by atoms with Gasteiger partial charge in [0.05, 0.1) is 6.54 Å². The van der Waals surface area contributed by atoms with E-state index in [9.17, 15) is 9.18 Å². The molecule has 1 unspecified atom stereocenters. The van der Waals surface area contributed by atoms with Crippen LogP contribution in [0.15, 0.2) is 24.3 Å². The summed E-state index contributed by atoms with van der Waals surface area (Å²) < 4.78 is 19.2. The number of rotatable bonds is 8. The quantitative estimate of drug-likeness (QED) is 0.774. The summed E-state index contributed by atoms with van der Waals surface area (Å²) in [6.45, 7) is 4.49. The van der Waals surface area contributed by atoms with Gasteiger partial charge in [-0.3, -0.25) is 4.79 Å². The zero-order valence-electron chi connectivity index (χ0n) is 13.8. The lowest BCUT2D eigenvalue weighted by Crippen LogP contribution is -2.35. The van der Waals surface area contributed by atoms with E-state index < -0.39 is 0 Å². The number of halogens is 1. The number of para-hydroxylation sites is 1. The number of hydrogen-bond donors (Lipinski definition) is 2. The maximum absolute atomic E-state index is 13.6. The first-order valence-corrected chi connectivity index (χ1v) is 8.57. The van der Waals surface area contributed by atoms with Crippen molar-refractivity contribution in [3.63, 3.8) is 0 Å². The van der Waals surface area contributed by atoms with Gasteiger partial charge >= 0.3 is 0 Å². The minimum absolute atomic E-state index is 0.0547. The molecule has 1 heterocycles. The van der Waals surface area contributed by atoms with Crippen molar-refractivity contribution in [2.24, 2.45) is 5.92 Å². The van der Waals surface area contributed by atoms with E-state index >= 15 is 0 Å². The van der Waals surface area contributed by atoms with Gasteiger partial charge in [0.15, 0.2) is 11.6 Å². The minimum atomic E-state index is -0.372. The van der Waals surface area contributed by atoms with Gasteiger partial charge in [-0.2, -0.15) is 0 Å². The normalized spacial score (nSPS) is 16.8. The number of ether oxygens (including phenoxy) is 1. The predicted molar refractivity (Wildman–Crippen MR) is 88.9 cm³/mol. The Morgan fingerprint density at radius 2 is 2.13 bits per heavy atom. The Morgan fingerprint density at radius 3 is 2.83 bits per heavy atom. The predicted octanol–water partition coefficient (Wildman–Crippen LogP) is 2.88. The van der Waals surface area contributed by atoms with Crippen LogP contribution >= 0.6 is 0 Å². The van der Waals surface area contributed by atoms with Gasteiger partial charge in [0.25, 0.3) is 0 Å². The van der Waals surface area contributed by atoms with Crippen molar-refractivity contribution < 1.29 is 13.9 Å². The monoisotopic (exact) mass is 322 g/mol. The largest absolute Gasteiger partial charge is 0.486 e. The number of nitrogens with one attached hydrogen (secondary N) is 2. The molecule has 1 saturated heterocycles. The summed E-state index contributed by atoms with van der Waals surface area (Å²) in [5.74, 6) is 0.573. The maximum Gasteiger partial charge on any atom is 0.220 e. The number of amides is 1. The third-order valence-electron chi connectivity index (χ3n) is 4.35. The number of benzene rings is 1. The molecule has 1 aliphatic heterocycles. The van der Waals surface area contributed by atoms with Crippen molar-refractivity contribution in [3.8, 4) is 5.75 Å². The van der Waals surface area contributed by atoms with Gasteiger partial charge < -0.3 is 15.4 Å². The minimum Gasteiger partial charge on any atom is -0.486 e. The van der Waals surface area contributed by atoms with E-state index in [0.717, 1.165) is 32.4 Å². The SMILES string of the molecule is CCC(CNC(=O)CCC1CCNCC1)Oc1ccccc1F. The molecular weight excluding hydrogens is 295 g/mol. The van der Waals surface area contributed by atoms with Gasteiger partial charge in [-0.1, -0.05) is 19.1 Å². The van der Waals surface area contributed by atoms with Crippen molar-refractivity contribution >= 4 is 5.91 Å². The highest BCUT2D eigenvalue weighted by molar-refractivity contribution is 5.75. The van der Waals surface area contributed by atoms with Crippen molar-refractivity contribution in [1.29, 1.82) is 0 Å². The van der Waals surface area contributed by atoms with Gasteiger partial charge in [-0.15, -0.1) is 0 Å². The second-order valence-corrected chi connectivity index (χ2v) is 6.11. The fraction of sp³-hybridized carbons (Fsp3) is 0.611. The Balaban J connectivity index is 1.69. The average Bonchev–Trinajstić information content (AvgIpc) is 2.59. The van der Waals surface area contributed by atoms with E-state index in [2.05, 4.69) is 10.6 Å². The standard InChI is InChI=1S/C18H27FN2O2/c1-2-15(23-17-6-4-3-5-16(17)19)13-21-18(22)8-7-14-9-11-20-12-10-14/h3-6,14-15,20H,2,7-13H2,1H3,(H,21,22). The molecule has 23 heavy (non-hydrogen) atoms. The molecule has 1 atom stereocenters. The first kappa shape index (κ1) is 17.7. The molecule has 1 amide bonds. The lowest BCUT2D eigenvalue weighted by molar-refractivity contribution is -0.121. The molecule has 5 heteroatoms. The molecule has 1 fully saturated rings. The Labute approximate surface area is 137 Å². The molecule has 4 nitrogen and oxygen atoms in total. The second kappa shape index (κ2) is 9.50. The highest BCUT2D eigenvalue weighted by atomic mass is 19.1. The fourth-order valence-electron chi connectivity index (χ4n) is 2.81. The van der Waals surface area contributed by atoms with Crippen LogP contribution in [0.1, 0.15) is 39.0 Å². The molecule has 1 aliphatic rings. The van der Waals surface area contributed by atoms with Crippen molar-refractivity contribution in [2.45, 2.75) is 45.1 Å². The summed E-state index contributed by atoms with van der Waals surface area (Å²) >= 11 is 0. The molecule has 1 aromatic rings. The van der Waals surface area contributed by atoms with Gasteiger partial charge in [0, 0.05) is 6.42 Å². The van der Waals surface area contributed by atoms with Crippen LogP contribution in [0.3, 0.4) is 0 Å². The van der Waals surface area contributed by atoms with Crippen molar-refractivity contribution in [2.75, 3.05) is 19.6 Å².